The molecule has 20 heavy (non-hydrogen) atoms. The maximum atomic E-state index is 12.9. The zero-order valence-corrected chi connectivity index (χ0v) is 13.8. The largest absolute Gasteiger partial charge is 0.345 e. The van der Waals surface area contributed by atoms with Gasteiger partial charge in [-0.05, 0) is 58.7 Å². The van der Waals surface area contributed by atoms with Crippen LogP contribution in [0.3, 0.4) is 0 Å². The maximum Gasteiger partial charge on any atom is 0.252 e. The minimum absolute atomic E-state index is 0.185. The fourth-order valence-electron chi connectivity index (χ4n) is 1.78. The van der Waals surface area contributed by atoms with Crippen LogP contribution >= 0.6 is 31.9 Å². The molecule has 1 amide bonds. The number of hydrogen-bond acceptors (Lipinski definition) is 1. The predicted molar refractivity (Wildman–Crippen MR) is 84.1 cm³/mol. The van der Waals surface area contributed by atoms with Crippen LogP contribution in [0.5, 0.6) is 0 Å². The first-order valence-corrected chi connectivity index (χ1v) is 7.57. The molecular formula is C15H12Br2FNO. The third-order valence-corrected chi connectivity index (χ3v) is 4.08. The lowest BCUT2D eigenvalue weighted by Crippen LogP contribution is -2.27. The average molecular weight is 401 g/mol. The summed E-state index contributed by atoms with van der Waals surface area (Å²) in [6.45, 7) is 1.86. The zero-order chi connectivity index (χ0) is 14.7. The van der Waals surface area contributed by atoms with Gasteiger partial charge in [-0.3, -0.25) is 4.79 Å². The normalized spacial score (nSPS) is 12.0. The van der Waals surface area contributed by atoms with Crippen LogP contribution in [0.2, 0.25) is 0 Å². The maximum absolute atomic E-state index is 12.9. The molecule has 2 aromatic rings. The molecule has 0 aliphatic rings. The van der Waals surface area contributed by atoms with Crippen LogP contribution in [0.15, 0.2) is 51.4 Å². The molecule has 2 aromatic carbocycles. The highest BCUT2D eigenvalue weighted by molar-refractivity contribution is 9.11. The smallest absolute Gasteiger partial charge is 0.252 e. The summed E-state index contributed by atoms with van der Waals surface area (Å²) in [5.74, 6) is -0.475. The highest BCUT2D eigenvalue weighted by Crippen LogP contribution is 2.22. The highest BCUT2D eigenvalue weighted by atomic mass is 79.9. The number of rotatable bonds is 3. The Bertz CT molecular complexity index is 628. The van der Waals surface area contributed by atoms with Gasteiger partial charge in [0, 0.05) is 8.95 Å². The standard InChI is InChI=1S/C15H12Br2FNO/c1-9(10-2-5-12(18)6-3-10)19-15(20)13-8-11(16)4-7-14(13)17/h2-9H,1H3,(H,19,20). The minimum Gasteiger partial charge on any atom is -0.345 e. The van der Waals surface area contributed by atoms with Crippen molar-refractivity contribution in [2.24, 2.45) is 0 Å². The molecule has 1 atom stereocenters. The molecule has 1 N–H and O–H groups in total. The molecule has 0 aliphatic carbocycles. The lowest BCUT2D eigenvalue weighted by atomic mass is 10.1. The van der Waals surface area contributed by atoms with Gasteiger partial charge in [-0.1, -0.05) is 28.1 Å². The number of amides is 1. The number of carbonyl (C=O) groups is 1. The fourth-order valence-corrected chi connectivity index (χ4v) is 2.57. The number of carbonyl (C=O) groups excluding carboxylic acids is 1. The van der Waals surface area contributed by atoms with Gasteiger partial charge in [0.15, 0.2) is 0 Å². The summed E-state index contributed by atoms with van der Waals surface area (Å²) < 4.78 is 14.4. The Hall–Kier alpha value is -1.20. The second-order valence-electron chi connectivity index (χ2n) is 4.37. The zero-order valence-electron chi connectivity index (χ0n) is 10.7. The van der Waals surface area contributed by atoms with E-state index < -0.39 is 0 Å². The first-order valence-electron chi connectivity index (χ1n) is 5.99. The Balaban J connectivity index is 2.15. The Kier molecular flexibility index (Phi) is 4.94. The summed E-state index contributed by atoms with van der Waals surface area (Å²) in [5.41, 5.74) is 1.40. The monoisotopic (exact) mass is 399 g/mol. The van der Waals surface area contributed by atoms with Gasteiger partial charge in [-0.2, -0.15) is 0 Å². The highest BCUT2D eigenvalue weighted by Gasteiger charge is 2.14. The molecule has 0 saturated heterocycles. The van der Waals surface area contributed by atoms with Crippen LogP contribution < -0.4 is 5.32 Å². The lowest BCUT2D eigenvalue weighted by Gasteiger charge is -2.15. The van der Waals surface area contributed by atoms with E-state index in [1.165, 1.54) is 12.1 Å². The summed E-state index contributed by atoms with van der Waals surface area (Å²) in [7, 11) is 0. The molecule has 0 bridgehead atoms. The first-order chi connectivity index (χ1) is 9.47. The van der Waals surface area contributed by atoms with Crippen LogP contribution in [0.25, 0.3) is 0 Å². The van der Waals surface area contributed by atoms with E-state index in [0.29, 0.717) is 5.56 Å². The van der Waals surface area contributed by atoms with Crippen molar-refractivity contribution in [3.63, 3.8) is 0 Å². The molecule has 2 rings (SSSR count). The minimum atomic E-state index is -0.290. The van der Waals surface area contributed by atoms with Gasteiger partial charge < -0.3 is 5.32 Å². The number of nitrogens with one attached hydrogen (secondary N) is 1. The van der Waals surface area contributed by atoms with Gasteiger partial charge in [0.25, 0.3) is 5.91 Å². The Labute approximate surface area is 133 Å². The van der Waals surface area contributed by atoms with Crippen LogP contribution in [0, 0.1) is 5.82 Å². The van der Waals surface area contributed by atoms with Crippen molar-refractivity contribution in [1.82, 2.24) is 5.32 Å². The quantitative estimate of drug-likeness (QED) is 0.784. The van der Waals surface area contributed by atoms with Crippen LogP contribution in [0.4, 0.5) is 4.39 Å². The van der Waals surface area contributed by atoms with E-state index in [-0.39, 0.29) is 17.8 Å². The van der Waals surface area contributed by atoms with E-state index in [2.05, 4.69) is 37.2 Å². The number of benzene rings is 2. The summed E-state index contributed by atoms with van der Waals surface area (Å²) in [5, 5.41) is 2.89. The molecule has 2 nitrogen and oxygen atoms in total. The molecule has 104 valence electrons. The van der Waals surface area contributed by atoms with Crippen molar-refractivity contribution in [3.8, 4) is 0 Å². The summed E-state index contributed by atoms with van der Waals surface area (Å²) in [6, 6.07) is 11.3. The van der Waals surface area contributed by atoms with Gasteiger partial charge in [-0.15, -0.1) is 0 Å². The molecular weight excluding hydrogens is 389 g/mol. The van der Waals surface area contributed by atoms with E-state index >= 15 is 0 Å². The molecule has 0 saturated carbocycles. The van der Waals surface area contributed by atoms with Gasteiger partial charge in [0.05, 0.1) is 11.6 Å². The molecule has 0 radical (unpaired) electrons. The Morgan fingerprint density at radius 2 is 1.80 bits per heavy atom. The van der Waals surface area contributed by atoms with E-state index in [1.807, 2.05) is 19.1 Å². The van der Waals surface area contributed by atoms with Crippen LogP contribution in [0.1, 0.15) is 28.9 Å². The summed E-state index contributed by atoms with van der Waals surface area (Å²) in [6.07, 6.45) is 0. The number of hydrogen-bond donors (Lipinski definition) is 1. The second-order valence-corrected chi connectivity index (χ2v) is 6.14. The summed E-state index contributed by atoms with van der Waals surface area (Å²) in [4.78, 5) is 12.2. The van der Waals surface area contributed by atoms with E-state index in [9.17, 15) is 9.18 Å². The first kappa shape index (κ1) is 15.2. The van der Waals surface area contributed by atoms with Crippen LogP contribution in [-0.2, 0) is 0 Å². The molecule has 0 aliphatic heterocycles. The predicted octanol–water partition coefficient (Wildman–Crippen LogP) is 4.84. The average Bonchev–Trinajstić information content (AvgIpc) is 2.42. The third-order valence-electron chi connectivity index (χ3n) is 2.89. The molecule has 5 heteroatoms. The Morgan fingerprint density at radius 3 is 2.45 bits per heavy atom. The van der Waals surface area contributed by atoms with Gasteiger partial charge in [0.1, 0.15) is 5.82 Å². The van der Waals surface area contributed by atoms with Gasteiger partial charge >= 0.3 is 0 Å². The van der Waals surface area contributed by atoms with E-state index in [1.54, 1.807) is 18.2 Å². The fraction of sp³-hybridized carbons (Fsp3) is 0.133. The molecule has 1 unspecified atom stereocenters. The van der Waals surface area contributed by atoms with Crippen molar-refractivity contribution in [2.45, 2.75) is 13.0 Å². The third kappa shape index (κ3) is 3.67. The SMILES string of the molecule is CC(NC(=O)c1cc(Br)ccc1Br)c1ccc(F)cc1. The van der Waals surface area contributed by atoms with Crippen LogP contribution in [-0.4, -0.2) is 5.91 Å². The van der Waals surface area contributed by atoms with Gasteiger partial charge in [-0.25, -0.2) is 4.39 Å². The van der Waals surface area contributed by atoms with E-state index in [4.69, 9.17) is 0 Å². The molecule has 0 spiro atoms. The Morgan fingerprint density at radius 1 is 1.15 bits per heavy atom. The molecule has 0 heterocycles. The summed E-state index contributed by atoms with van der Waals surface area (Å²) >= 11 is 6.70. The van der Waals surface area contributed by atoms with Crippen molar-refractivity contribution < 1.29 is 9.18 Å². The van der Waals surface area contributed by atoms with Crippen molar-refractivity contribution in [1.29, 1.82) is 0 Å². The molecule has 0 fully saturated rings. The van der Waals surface area contributed by atoms with Crippen molar-refractivity contribution in [3.05, 3.63) is 68.4 Å². The van der Waals surface area contributed by atoms with Crippen molar-refractivity contribution in [2.75, 3.05) is 0 Å². The lowest BCUT2D eigenvalue weighted by molar-refractivity contribution is 0.0939. The second kappa shape index (κ2) is 6.50. The topological polar surface area (TPSA) is 29.1 Å². The van der Waals surface area contributed by atoms with E-state index in [0.717, 1.165) is 14.5 Å². The number of halogens is 3. The van der Waals surface area contributed by atoms with Crippen molar-refractivity contribution >= 4 is 37.8 Å². The molecule has 0 aromatic heterocycles. The van der Waals surface area contributed by atoms with Gasteiger partial charge in [0.2, 0.25) is 0 Å².